The molecule has 7 heteroatoms. The highest BCUT2D eigenvalue weighted by Crippen LogP contribution is 2.26. The minimum Gasteiger partial charge on any atom is -0.431 e. The Morgan fingerprint density at radius 2 is 2.05 bits per heavy atom. The molecule has 0 aliphatic carbocycles. The number of halogens is 2. The molecule has 112 valence electrons. The Bertz CT molecular complexity index is 835. The van der Waals surface area contributed by atoms with Crippen molar-refractivity contribution in [2.45, 2.75) is 5.22 Å². The van der Waals surface area contributed by atoms with E-state index in [1.54, 1.807) is 42.5 Å². The number of rotatable bonds is 4. The summed E-state index contributed by atoms with van der Waals surface area (Å²) in [4.78, 5) is 16.2. The van der Waals surface area contributed by atoms with Crippen LogP contribution in [0, 0.1) is 0 Å². The van der Waals surface area contributed by atoms with E-state index in [0.717, 1.165) is 0 Å². The van der Waals surface area contributed by atoms with Crippen LogP contribution in [0.3, 0.4) is 0 Å². The van der Waals surface area contributed by atoms with E-state index in [0.29, 0.717) is 32.1 Å². The maximum Gasteiger partial charge on any atom is 0.257 e. The number of nitrogens with zero attached hydrogens (tertiary/aromatic N) is 1. The fourth-order valence-corrected chi connectivity index (χ4v) is 2.80. The molecule has 0 spiro atoms. The van der Waals surface area contributed by atoms with E-state index in [4.69, 9.17) is 27.6 Å². The largest absolute Gasteiger partial charge is 0.431 e. The van der Waals surface area contributed by atoms with Crippen molar-refractivity contribution in [1.82, 2.24) is 4.98 Å². The van der Waals surface area contributed by atoms with Crippen molar-refractivity contribution in [2.24, 2.45) is 0 Å². The van der Waals surface area contributed by atoms with E-state index in [9.17, 15) is 4.79 Å². The smallest absolute Gasteiger partial charge is 0.257 e. The number of oxazole rings is 1. The molecule has 0 radical (unpaired) electrons. The van der Waals surface area contributed by atoms with Crippen LogP contribution in [0.15, 0.2) is 52.1 Å². The molecule has 0 unspecified atom stereocenters. The quantitative estimate of drug-likeness (QED) is 0.680. The number of carbonyl (C=O) groups is 1. The second-order valence-corrected chi connectivity index (χ2v) is 6.18. The molecule has 3 rings (SSSR count). The Morgan fingerprint density at radius 1 is 1.23 bits per heavy atom. The number of hydrogen-bond acceptors (Lipinski definition) is 4. The summed E-state index contributed by atoms with van der Waals surface area (Å²) in [5, 5.41) is 4.24. The number of para-hydroxylation sites is 1. The van der Waals surface area contributed by atoms with E-state index in [1.807, 2.05) is 0 Å². The number of thioether (sulfide) groups is 1. The SMILES string of the molecule is O=C(CSc1nc2ccc(Cl)cc2o1)Nc1ccccc1Cl. The lowest BCUT2D eigenvalue weighted by atomic mass is 10.3. The molecule has 1 N–H and O–H groups in total. The molecule has 4 nitrogen and oxygen atoms in total. The van der Waals surface area contributed by atoms with Crippen molar-refractivity contribution < 1.29 is 9.21 Å². The highest BCUT2D eigenvalue weighted by Gasteiger charge is 2.10. The summed E-state index contributed by atoms with van der Waals surface area (Å²) in [6, 6.07) is 12.3. The number of hydrogen-bond donors (Lipinski definition) is 1. The van der Waals surface area contributed by atoms with Gasteiger partial charge in [-0.15, -0.1) is 0 Å². The van der Waals surface area contributed by atoms with Crippen LogP contribution in [0.4, 0.5) is 5.69 Å². The van der Waals surface area contributed by atoms with Gasteiger partial charge in [0.15, 0.2) is 5.58 Å². The summed E-state index contributed by atoms with van der Waals surface area (Å²) in [5.41, 5.74) is 1.89. The van der Waals surface area contributed by atoms with Gasteiger partial charge in [0.1, 0.15) is 5.52 Å². The fourth-order valence-electron chi connectivity index (χ4n) is 1.82. The summed E-state index contributed by atoms with van der Waals surface area (Å²) in [6.07, 6.45) is 0. The third-order valence-electron chi connectivity index (χ3n) is 2.81. The molecule has 0 saturated carbocycles. The highest BCUT2D eigenvalue weighted by atomic mass is 35.5. The fraction of sp³-hybridized carbons (Fsp3) is 0.0667. The van der Waals surface area contributed by atoms with Gasteiger partial charge < -0.3 is 9.73 Å². The van der Waals surface area contributed by atoms with Crippen molar-refractivity contribution >= 4 is 57.7 Å². The van der Waals surface area contributed by atoms with Gasteiger partial charge in [-0.25, -0.2) is 4.98 Å². The molecule has 1 aromatic heterocycles. The first-order valence-electron chi connectivity index (χ1n) is 6.35. The molecule has 0 aliphatic heterocycles. The lowest BCUT2D eigenvalue weighted by Crippen LogP contribution is -2.14. The predicted octanol–water partition coefficient (Wildman–Crippen LogP) is 4.87. The number of amides is 1. The van der Waals surface area contributed by atoms with Gasteiger partial charge in [0.05, 0.1) is 16.5 Å². The van der Waals surface area contributed by atoms with Crippen LogP contribution in [-0.2, 0) is 4.79 Å². The second kappa shape index (κ2) is 6.60. The van der Waals surface area contributed by atoms with Gasteiger partial charge >= 0.3 is 0 Å². The summed E-state index contributed by atoms with van der Waals surface area (Å²) in [5.74, 6) is -0.00965. The van der Waals surface area contributed by atoms with Crippen molar-refractivity contribution in [3.63, 3.8) is 0 Å². The summed E-state index contributed by atoms with van der Waals surface area (Å²) < 4.78 is 5.53. The zero-order chi connectivity index (χ0) is 15.5. The third kappa shape index (κ3) is 3.55. The summed E-state index contributed by atoms with van der Waals surface area (Å²) >= 11 is 13.1. The number of nitrogens with one attached hydrogen (secondary N) is 1. The minimum atomic E-state index is -0.182. The van der Waals surface area contributed by atoms with Gasteiger partial charge in [-0.2, -0.15) is 0 Å². The van der Waals surface area contributed by atoms with Crippen LogP contribution in [0.2, 0.25) is 10.0 Å². The van der Waals surface area contributed by atoms with Crippen LogP contribution in [0.1, 0.15) is 0 Å². The lowest BCUT2D eigenvalue weighted by molar-refractivity contribution is -0.113. The van der Waals surface area contributed by atoms with Gasteiger partial charge in [0, 0.05) is 11.1 Å². The van der Waals surface area contributed by atoms with Crippen LogP contribution in [0.25, 0.3) is 11.1 Å². The molecule has 0 bridgehead atoms. The first-order chi connectivity index (χ1) is 10.6. The number of anilines is 1. The molecule has 2 aromatic carbocycles. The average molecular weight is 353 g/mol. The van der Waals surface area contributed by atoms with Crippen molar-refractivity contribution in [3.8, 4) is 0 Å². The van der Waals surface area contributed by atoms with Crippen LogP contribution in [-0.4, -0.2) is 16.6 Å². The van der Waals surface area contributed by atoms with Crippen LogP contribution in [0.5, 0.6) is 0 Å². The molecule has 0 saturated heterocycles. The second-order valence-electron chi connectivity index (χ2n) is 4.41. The maximum absolute atomic E-state index is 11.9. The Morgan fingerprint density at radius 3 is 2.86 bits per heavy atom. The monoisotopic (exact) mass is 352 g/mol. The van der Waals surface area contributed by atoms with Crippen molar-refractivity contribution in [3.05, 3.63) is 52.5 Å². The summed E-state index contributed by atoms with van der Waals surface area (Å²) in [7, 11) is 0. The van der Waals surface area contributed by atoms with E-state index in [1.165, 1.54) is 11.8 Å². The average Bonchev–Trinajstić information content (AvgIpc) is 2.89. The molecule has 0 aliphatic rings. The van der Waals surface area contributed by atoms with Gasteiger partial charge in [-0.1, -0.05) is 47.1 Å². The Labute approximate surface area is 140 Å². The number of carbonyl (C=O) groups excluding carboxylic acids is 1. The highest BCUT2D eigenvalue weighted by molar-refractivity contribution is 7.99. The van der Waals surface area contributed by atoms with E-state index >= 15 is 0 Å². The molecule has 3 aromatic rings. The van der Waals surface area contributed by atoms with Gasteiger partial charge in [0.25, 0.3) is 5.22 Å². The number of fused-ring (bicyclic) bond motifs is 1. The Kier molecular flexibility index (Phi) is 4.57. The predicted molar refractivity (Wildman–Crippen MR) is 89.8 cm³/mol. The van der Waals surface area contributed by atoms with Crippen molar-refractivity contribution in [2.75, 3.05) is 11.1 Å². The first kappa shape index (κ1) is 15.2. The molecular formula is C15H10Cl2N2O2S. The first-order valence-corrected chi connectivity index (χ1v) is 8.09. The third-order valence-corrected chi connectivity index (χ3v) is 4.20. The van der Waals surface area contributed by atoms with Crippen molar-refractivity contribution in [1.29, 1.82) is 0 Å². The summed E-state index contributed by atoms with van der Waals surface area (Å²) in [6.45, 7) is 0. The van der Waals surface area contributed by atoms with Gasteiger partial charge in [0.2, 0.25) is 5.91 Å². The van der Waals surface area contributed by atoms with Gasteiger partial charge in [-0.05, 0) is 24.3 Å². The number of benzene rings is 2. The molecule has 22 heavy (non-hydrogen) atoms. The molecule has 1 heterocycles. The zero-order valence-corrected chi connectivity index (χ0v) is 13.5. The Balaban J connectivity index is 1.63. The normalized spacial score (nSPS) is 10.8. The van der Waals surface area contributed by atoms with Crippen LogP contribution >= 0.6 is 35.0 Å². The van der Waals surface area contributed by atoms with Crippen LogP contribution < -0.4 is 5.32 Å². The molecule has 1 amide bonds. The molecular weight excluding hydrogens is 343 g/mol. The minimum absolute atomic E-state index is 0.172. The zero-order valence-electron chi connectivity index (χ0n) is 11.2. The van der Waals surface area contributed by atoms with E-state index < -0.39 is 0 Å². The lowest BCUT2D eigenvalue weighted by Gasteiger charge is -2.05. The number of aromatic nitrogens is 1. The Hall–Kier alpha value is -1.69. The molecule has 0 fully saturated rings. The standard InChI is InChI=1S/C15H10Cl2N2O2S/c16-9-5-6-12-13(7-9)21-15(19-12)22-8-14(20)18-11-4-2-1-3-10(11)17/h1-7H,8H2,(H,18,20). The topological polar surface area (TPSA) is 55.1 Å². The van der Waals surface area contributed by atoms with E-state index in [2.05, 4.69) is 10.3 Å². The molecule has 0 atom stereocenters. The van der Waals surface area contributed by atoms with E-state index in [-0.39, 0.29) is 11.7 Å². The van der Waals surface area contributed by atoms with Gasteiger partial charge in [-0.3, -0.25) is 4.79 Å². The maximum atomic E-state index is 11.9.